The average Bonchev–Trinajstić information content (AvgIpc) is 2.75. The van der Waals surface area contributed by atoms with Crippen LogP contribution in [0, 0.1) is 0 Å². The highest BCUT2D eigenvalue weighted by Gasteiger charge is 2.32. The zero-order valence-corrected chi connectivity index (χ0v) is 19.6. The first-order valence-corrected chi connectivity index (χ1v) is 12.2. The molecule has 0 radical (unpaired) electrons. The summed E-state index contributed by atoms with van der Waals surface area (Å²) < 4.78 is 24.7. The number of nitrogens with one attached hydrogen (secondary N) is 1. The Hall–Kier alpha value is -2.46. The Morgan fingerprint density at radius 3 is 2.28 bits per heavy atom. The Morgan fingerprint density at radius 1 is 1.09 bits per heavy atom. The first-order chi connectivity index (χ1) is 15.1. The van der Waals surface area contributed by atoms with Crippen LogP contribution in [0.5, 0.6) is 0 Å². The Morgan fingerprint density at radius 2 is 1.72 bits per heavy atom. The second-order valence-electron chi connectivity index (χ2n) is 7.35. The number of benzene rings is 2. The summed E-state index contributed by atoms with van der Waals surface area (Å²) in [7, 11) is -2.29. The lowest BCUT2D eigenvalue weighted by molar-refractivity contribution is -0.141. The maximum atomic E-state index is 13.3. The number of aliphatic hydroxyl groups excluding tert-OH is 1. The number of aliphatic hydroxyl groups is 1. The van der Waals surface area contributed by atoms with Crippen molar-refractivity contribution in [3.05, 3.63) is 70.7 Å². The average molecular weight is 482 g/mol. The van der Waals surface area contributed by atoms with Gasteiger partial charge in [-0.1, -0.05) is 54.1 Å². The predicted octanol–water partition coefficient (Wildman–Crippen LogP) is 1.80. The molecule has 2 amide bonds. The molecule has 0 saturated carbocycles. The second kappa shape index (κ2) is 12.0. The quantitative estimate of drug-likeness (QED) is 0.476. The molecule has 2 rings (SSSR count). The van der Waals surface area contributed by atoms with Gasteiger partial charge in [0.05, 0.1) is 12.8 Å². The van der Waals surface area contributed by atoms with Gasteiger partial charge in [-0.05, 0) is 29.7 Å². The topological polar surface area (TPSA) is 107 Å². The summed E-state index contributed by atoms with van der Waals surface area (Å²) in [5.41, 5.74) is 1.31. The van der Waals surface area contributed by atoms with Gasteiger partial charge in [-0.25, -0.2) is 8.42 Å². The lowest BCUT2D eigenvalue weighted by Crippen LogP contribution is -2.47. The fraction of sp³-hybridized carbons (Fsp3) is 0.364. The van der Waals surface area contributed by atoms with Crippen LogP contribution in [0.2, 0.25) is 5.02 Å². The molecule has 0 bridgehead atoms. The van der Waals surface area contributed by atoms with E-state index in [1.165, 1.54) is 11.9 Å². The van der Waals surface area contributed by atoms with E-state index < -0.39 is 34.4 Å². The lowest BCUT2D eigenvalue weighted by Gasteiger charge is -2.32. The van der Waals surface area contributed by atoms with Gasteiger partial charge in [-0.15, -0.1) is 0 Å². The van der Waals surface area contributed by atoms with Crippen molar-refractivity contribution in [2.45, 2.75) is 19.0 Å². The van der Waals surface area contributed by atoms with E-state index in [2.05, 4.69) is 5.32 Å². The number of likely N-dealkylation sites (N-methyl/N-ethyl adjacent to an activating group) is 1. The van der Waals surface area contributed by atoms with Gasteiger partial charge < -0.3 is 15.3 Å². The zero-order chi connectivity index (χ0) is 23.7. The molecule has 0 heterocycles. The molecule has 0 aliphatic heterocycles. The molecule has 0 fully saturated rings. The van der Waals surface area contributed by atoms with E-state index in [9.17, 15) is 18.0 Å². The molecule has 10 heteroatoms. The number of amides is 2. The van der Waals surface area contributed by atoms with Gasteiger partial charge in [0.1, 0.15) is 6.04 Å². The van der Waals surface area contributed by atoms with Crippen LogP contribution < -0.4 is 5.32 Å². The minimum absolute atomic E-state index is 0.0700. The highest BCUT2D eigenvalue weighted by molar-refractivity contribution is 7.88. The van der Waals surface area contributed by atoms with Crippen molar-refractivity contribution in [3.63, 3.8) is 0 Å². The fourth-order valence-corrected chi connectivity index (χ4v) is 3.47. The van der Waals surface area contributed by atoms with E-state index in [0.29, 0.717) is 17.0 Å². The Kier molecular flexibility index (Phi) is 9.64. The largest absolute Gasteiger partial charge is 0.396 e. The minimum atomic E-state index is -3.60. The normalized spacial score (nSPS) is 12.4. The summed E-state index contributed by atoms with van der Waals surface area (Å²) in [5, 5.41) is 12.3. The molecule has 0 aliphatic rings. The van der Waals surface area contributed by atoms with Gasteiger partial charge in [0, 0.05) is 31.8 Å². The zero-order valence-electron chi connectivity index (χ0n) is 18.1. The van der Waals surface area contributed by atoms with Crippen molar-refractivity contribution < 1.29 is 23.1 Å². The van der Waals surface area contributed by atoms with Crippen LogP contribution in [0.3, 0.4) is 0 Å². The third kappa shape index (κ3) is 7.59. The molecule has 1 atom stereocenters. The van der Waals surface area contributed by atoms with E-state index in [-0.39, 0.29) is 19.7 Å². The third-order valence-corrected chi connectivity index (χ3v) is 6.33. The summed E-state index contributed by atoms with van der Waals surface area (Å²) in [6.45, 7) is -0.187. The molecule has 8 nitrogen and oxygen atoms in total. The standard InChI is InChI=1S/C22H28ClN3O5S/c1-25(32(2,30)31)16-20(28)26(15-17-9-11-19(23)12-10-17)21(18-7-4-3-5-8-18)22(29)24-13-6-14-27/h3-5,7-12,21,27H,6,13-16H2,1-2H3,(H,24,29). The van der Waals surface area contributed by atoms with Crippen molar-refractivity contribution in [1.82, 2.24) is 14.5 Å². The molecule has 2 aromatic rings. The molecule has 2 N–H and O–H groups in total. The van der Waals surface area contributed by atoms with Crippen LogP contribution in [0.4, 0.5) is 0 Å². The second-order valence-corrected chi connectivity index (χ2v) is 9.87. The Balaban J connectivity index is 2.45. The number of halogens is 1. The molecule has 0 aromatic heterocycles. The maximum absolute atomic E-state index is 13.3. The molecule has 32 heavy (non-hydrogen) atoms. The van der Waals surface area contributed by atoms with Crippen molar-refractivity contribution in [2.75, 3.05) is 33.0 Å². The maximum Gasteiger partial charge on any atom is 0.247 e. The van der Waals surface area contributed by atoms with E-state index in [0.717, 1.165) is 16.1 Å². The SMILES string of the molecule is CN(CC(=O)N(Cc1ccc(Cl)cc1)C(C(=O)NCCCO)c1ccccc1)S(C)(=O)=O. The molecule has 174 valence electrons. The van der Waals surface area contributed by atoms with E-state index in [1.807, 2.05) is 0 Å². The lowest BCUT2D eigenvalue weighted by atomic mass is 10.0. The van der Waals surface area contributed by atoms with Crippen LogP contribution in [0.25, 0.3) is 0 Å². The van der Waals surface area contributed by atoms with Crippen LogP contribution in [-0.2, 0) is 26.2 Å². The van der Waals surface area contributed by atoms with Crippen molar-refractivity contribution in [3.8, 4) is 0 Å². The number of nitrogens with zero attached hydrogens (tertiary/aromatic N) is 2. The Labute approximate surface area is 193 Å². The molecule has 2 aromatic carbocycles. The molecular weight excluding hydrogens is 454 g/mol. The summed E-state index contributed by atoms with van der Waals surface area (Å²) in [5.74, 6) is -0.951. The first kappa shape index (κ1) is 25.8. The number of hydrogen-bond donors (Lipinski definition) is 2. The molecular formula is C22H28ClN3O5S. The van der Waals surface area contributed by atoms with Gasteiger partial charge in [0.15, 0.2) is 0 Å². The fourth-order valence-electron chi connectivity index (χ4n) is 3.00. The molecule has 0 aliphatic carbocycles. The van der Waals surface area contributed by atoms with Gasteiger partial charge in [-0.3, -0.25) is 9.59 Å². The van der Waals surface area contributed by atoms with Crippen LogP contribution in [-0.4, -0.2) is 67.5 Å². The van der Waals surface area contributed by atoms with E-state index in [1.54, 1.807) is 54.6 Å². The number of sulfonamides is 1. The number of carbonyl (C=O) groups excluding carboxylic acids is 2. The first-order valence-electron chi connectivity index (χ1n) is 10.0. The van der Waals surface area contributed by atoms with Gasteiger partial charge in [0.25, 0.3) is 0 Å². The molecule has 0 saturated heterocycles. The third-order valence-electron chi connectivity index (χ3n) is 4.82. The van der Waals surface area contributed by atoms with Gasteiger partial charge >= 0.3 is 0 Å². The number of rotatable bonds is 11. The minimum Gasteiger partial charge on any atom is -0.396 e. The summed E-state index contributed by atoms with van der Waals surface area (Å²) in [6.07, 6.45) is 1.38. The predicted molar refractivity (Wildman–Crippen MR) is 123 cm³/mol. The van der Waals surface area contributed by atoms with Crippen LogP contribution >= 0.6 is 11.6 Å². The molecule has 0 spiro atoms. The van der Waals surface area contributed by atoms with Crippen molar-refractivity contribution in [1.29, 1.82) is 0 Å². The highest BCUT2D eigenvalue weighted by Crippen LogP contribution is 2.25. The van der Waals surface area contributed by atoms with Crippen LogP contribution in [0.1, 0.15) is 23.6 Å². The van der Waals surface area contributed by atoms with Gasteiger partial charge in [0.2, 0.25) is 21.8 Å². The van der Waals surface area contributed by atoms with Crippen molar-refractivity contribution in [2.24, 2.45) is 0 Å². The number of hydrogen-bond acceptors (Lipinski definition) is 5. The summed E-state index contributed by atoms with van der Waals surface area (Å²) in [4.78, 5) is 27.8. The summed E-state index contributed by atoms with van der Waals surface area (Å²) >= 11 is 5.97. The number of carbonyl (C=O) groups is 2. The Bertz CT molecular complexity index is 1000. The highest BCUT2D eigenvalue weighted by atomic mass is 35.5. The van der Waals surface area contributed by atoms with Crippen LogP contribution in [0.15, 0.2) is 54.6 Å². The molecule has 1 unspecified atom stereocenters. The van der Waals surface area contributed by atoms with E-state index >= 15 is 0 Å². The van der Waals surface area contributed by atoms with Gasteiger partial charge in [-0.2, -0.15) is 4.31 Å². The smallest absolute Gasteiger partial charge is 0.247 e. The monoisotopic (exact) mass is 481 g/mol. The van der Waals surface area contributed by atoms with Crippen molar-refractivity contribution >= 4 is 33.4 Å². The van der Waals surface area contributed by atoms with E-state index in [4.69, 9.17) is 16.7 Å². The summed E-state index contributed by atoms with van der Waals surface area (Å²) in [6, 6.07) is 14.6.